The maximum Gasteiger partial charge on any atom is 0.242 e. The van der Waals surface area contributed by atoms with Gasteiger partial charge in [-0.05, 0) is 36.9 Å². The van der Waals surface area contributed by atoms with Gasteiger partial charge in [0.2, 0.25) is 10.0 Å². The quantitative estimate of drug-likeness (QED) is 0.886. The van der Waals surface area contributed by atoms with E-state index in [9.17, 15) is 8.42 Å². The molecule has 2 aromatic rings. The minimum Gasteiger partial charge on any atom is -0.316 e. The van der Waals surface area contributed by atoms with E-state index in [1.165, 1.54) is 0 Å². The van der Waals surface area contributed by atoms with Crippen molar-refractivity contribution in [2.24, 2.45) is 5.41 Å². The number of fused-ring (bicyclic) bond motifs is 1. The van der Waals surface area contributed by atoms with Gasteiger partial charge in [-0.3, -0.25) is 0 Å². The molecule has 0 spiro atoms. The van der Waals surface area contributed by atoms with Crippen LogP contribution in [0.3, 0.4) is 0 Å². The van der Waals surface area contributed by atoms with E-state index in [1.54, 1.807) is 18.2 Å². The Morgan fingerprint density at radius 2 is 2.29 bits per heavy atom. The number of hydrogen-bond acceptors (Lipinski definition) is 6. The molecule has 1 aromatic heterocycles. The van der Waals surface area contributed by atoms with E-state index < -0.39 is 10.0 Å². The molecule has 8 heteroatoms. The van der Waals surface area contributed by atoms with Gasteiger partial charge in [-0.1, -0.05) is 13.0 Å². The molecule has 21 heavy (non-hydrogen) atoms. The van der Waals surface area contributed by atoms with E-state index in [4.69, 9.17) is 0 Å². The molecule has 1 saturated heterocycles. The van der Waals surface area contributed by atoms with Crippen LogP contribution in [0.25, 0.3) is 11.0 Å². The van der Waals surface area contributed by atoms with E-state index in [1.807, 2.05) is 0 Å². The number of sulfonamides is 1. The number of aromatic nitrogens is 2. The van der Waals surface area contributed by atoms with Crippen molar-refractivity contribution in [2.45, 2.75) is 24.7 Å². The lowest BCUT2D eigenvalue weighted by Gasteiger charge is -2.34. The van der Waals surface area contributed by atoms with Gasteiger partial charge in [-0.15, -0.1) is 0 Å². The number of nitrogens with one attached hydrogen (secondary N) is 2. The molecule has 0 bridgehead atoms. The third-order valence-corrected chi connectivity index (χ3v) is 5.89. The summed E-state index contributed by atoms with van der Waals surface area (Å²) < 4.78 is 36.0. The molecule has 6 nitrogen and oxygen atoms in total. The molecule has 114 valence electrons. The van der Waals surface area contributed by atoms with Crippen LogP contribution >= 0.6 is 11.7 Å². The molecule has 2 N–H and O–H groups in total. The Balaban J connectivity index is 1.82. The molecule has 1 fully saturated rings. The van der Waals surface area contributed by atoms with Crippen LogP contribution in [0.2, 0.25) is 0 Å². The second kappa shape index (κ2) is 5.60. The summed E-state index contributed by atoms with van der Waals surface area (Å²) in [6.45, 7) is 4.37. The molecule has 0 radical (unpaired) electrons. The highest BCUT2D eigenvalue weighted by Gasteiger charge is 2.29. The molecular formula is C13H18N4O2S2. The normalized spacial score (nSPS) is 23.5. The lowest BCUT2D eigenvalue weighted by molar-refractivity contribution is 0.238. The summed E-state index contributed by atoms with van der Waals surface area (Å²) in [6.07, 6.45) is 2.09. The average molecular weight is 326 g/mol. The molecule has 1 unspecified atom stereocenters. The molecule has 1 aromatic carbocycles. The van der Waals surface area contributed by atoms with Crippen molar-refractivity contribution < 1.29 is 8.42 Å². The summed E-state index contributed by atoms with van der Waals surface area (Å²) in [6, 6.07) is 5.04. The average Bonchev–Trinajstić information content (AvgIpc) is 2.94. The predicted molar refractivity (Wildman–Crippen MR) is 82.8 cm³/mol. The van der Waals surface area contributed by atoms with E-state index >= 15 is 0 Å². The maximum atomic E-state index is 12.5. The molecule has 2 heterocycles. The fraction of sp³-hybridized carbons (Fsp3) is 0.538. The first-order valence-electron chi connectivity index (χ1n) is 6.92. The monoisotopic (exact) mass is 326 g/mol. The van der Waals surface area contributed by atoms with Crippen molar-refractivity contribution in [3.05, 3.63) is 18.2 Å². The van der Waals surface area contributed by atoms with E-state index in [0.29, 0.717) is 17.6 Å². The summed E-state index contributed by atoms with van der Waals surface area (Å²) >= 11 is 1.03. The van der Waals surface area contributed by atoms with E-state index in [0.717, 1.165) is 37.7 Å². The van der Waals surface area contributed by atoms with Crippen molar-refractivity contribution in [3.8, 4) is 0 Å². The summed E-state index contributed by atoms with van der Waals surface area (Å²) in [5.74, 6) is 0. The fourth-order valence-electron chi connectivity index (χ4n) is 2.61. The topological polar surface area (TPSA) is 84.0 Å². The molecule has 1 aliphatic heterocycles. The van der Waals surface area contributed by atoms with Crippen molar-refractivity contribution >= 4 is 32.8 Å². The Morgan fingerprint density at radius 1 is 1.43 bits per heavy atom. The molecule has 0 saturated carbocycles. The SMILES string of the molecule is CC1(CNS(=O)(=O)c2cccc3nsnc23)CCCNC1. The van der Waals surface area contributed by atoms with Gasteiger partial charge in [0.1, 0.15) is 15.9 Å². The molecule has 1 aliphatic rings. The zero-order valence-corrected chi connectivity index (χ0v) is 13.4. The summed E-state index contributed by atoms with van der Waals surface area (Å²) in [7, 11) is -3.57. The van der Waals surface area contributed by atoms with Crippen LogP contribution in [0.4, 0.5) is 0 Å². The second-order valence-electron chi connectivity index (χ2n) is 5.80. The fourth-order valence-corrected chi connectivity index (χ4v) is 4.58. The number of rotatable bonds is 4. The second-order valence-corrected chi connectivity index (χ2v) is 8.07. The van der Waals surface area contributed by atoms with Gasteiger partial charge < -0.3 is 5.32 Å². The predicted octanol–water partition coefficient (Wildman–Crippen LogP) is 1.36. The lowest BCUT2D eigenvalue weighted by Crippen LogP contribution is -2.45. The first-order valence-corrected chi connectivity index (χ1v) is 9.13. The molecule has 3 rings (SSSR count). The molecule has 0 aliphatic carbocycles. The first-order chi connectivity index (χ1) is 10.0. The van der Waals surface area contributed by atoms with Gasteiger partial charge in [0.25, 0.3) is 0 Å². The van der Waals surface area contributed by atoms with Gasteiger partial charge in [0, 0.05) is 13.1 Å². The maximum absolute atomic E-state index is 12.5. The lowest BCUT2D eigenvalue weighted by atomic mass is 9.83. The Morgan fingerprint density at radius 3 is 3.05 bits per heavy atom. The first kappa shape index (κ1) is 14.8. The van der Waals surface area contributed by atoms with E-state index in [-0.39, 0.29) is 10.3 Å². The van der Waals surface area contributed by atoms with Crippen molar-refractivity contribution in [3.63, 3.8) is 0 Å². The van der Waals surface area contributed by atoms with Gasteiger partial charge in [0.05, 0.1) is 11.7 Å². The number of hydrogen-bond donors (Lipinski definition) is 2. The largest absolute Gasteiger partial charge is 0.316 e. The summed E-state index contributed by atoms with van der Waals surface area (Å²) in [4.78, 5) is 0.209. The van der Waals surface area contributed by atoms with Gasteiger partial charge in [0.15, 0.2) is 0 Å². The number of benzene rings is 1. The summed E-state index contributed by atoms with van der Waals surface area (Å²) in [5, 5.41) is 3.32. The van der Waals surface area contributed by atoms with Crippen LogP contribution in [-0.2, 0) is 10.0 Å². The van der Waals surface area contributed by atoms with Crippen LogP contribution < -0.4 is 10.0 Å². The zero-order chi connectivity index (χ0) is 14.9. The Labute approximate surface area is 128 Å². The van der Waals surface area contributed by atoms with Crippen molar-refractivity contribution in [1.82, 2.24) is 18.8 Å². The Bertz CT molecular complexity index is 735. The third kappa shape index (κ3) is 3.08. The Kier molecular flexibility index (Phi) is 3.96. The highest BCUT2D eigenvalue weighted by atomic mass is 32.2. The van der Waals surface area contributed by atoms with Gasteiger partial charge in [-0.25, -0.2) is 13.1 Å². The van der Waals surface area contributed by atoms with Crippen LogP contribution in [0.15, 0.2) is 23.1 Å². The summed E-state index contributed by atoms with van der Waals surface area (Å²) in [5.41, 5.74) is 1.02. The standard InChI is InChI=1S/C13H18N4O2S2/c1-13(6-3-7-14-8-13)9-15-21(18,19)11-5-2-4-10-12(11)17-20-16-10/h2,4-5,14-15H,3,6-9H2,1H3. The molecule has 1 atom stereocenters. The van der Waals surface area contributed by atoms with Gasteiger partial charge in [-0.2, -0.15) is 8.75 Å². The van der Waals surface area contributed by atoms with Crippen LogP contribution in [0.5, 0.6) is 0 Å². The van der Waals surface area contributed by atoms with Crippen LogP contribution in [-0.4, -0.2) is 36.8 Å². The molecular weight excluding hydrogens is 308 g/mol. The minimum absolute atomic E-state index is 0.0421. The highest BCUT2D eigenvalue weighted by molar-refractivity contribution is 7.89. The zero-order valence-electron chi connectivity index (χ0n) is 11.8. The highest BCUT2D eigenvalue weighted by Crippen LogP contribution is 2.26. The van der Waals surface area contributed by atoms with Gasteiger partial charge >= 0.3 is 0 Å². The molecule has 0 amide bonds. The Hall–Kier alpha value is -1.09. The van der Waals surface area contributed by atoms with Crippen LogP contribution in [0, 0.1) is 5.41 Å². The minimum atomic E-state index is -3.57. The smallest absolute Gasteiger partial charge is 0.242 e. The van der Waals surface area contributed by atoms with Crippen molar-refractivity contribution in [1.29, 1.82) is 0 Å². The number of nitrogens with zero attached hydrogens (tertiary/aromatic N) is 2. The van der Waals surface area contributed by atoms with E-state index in [2.05, 4.69) is 25.7 Å². The van der Waals surface area contributed by atoms with Crippen LogP contribution in [0.1, 0.15) is 19.8 Å². The number of piperidine rings is 1. The third-order valence-electron chi connectivity index (χ3n) is 3.91. The van der Waals surface area contributed by atoms with Crippen molar-refractivity contribution in [2.75, 3.05) is 19.6 Å².